The zero-order valence-electron chi connectivity index (χ0n) is 9.08. The van der Waals surface area contributed by atoms with E-state index in [-0.39, 0.29) is 0 Å². The molecule has 1 aliphatic heterocycles. The Morgan fingerprint density at radius 2 is 2.36 bits per heavy atom. The van der Waals surface area contributed by atoms with E-state index < -0.39 is 0 Å². The molecule has 1 fully saturated rings. The van der Waals surface area contributed by atoms with E-state index in [1.807, 2.05) is 0 Å². The predicted molar refractivity (Wildman–Crippen MR) is 62.9 cm³/mol. The van der Waals surface area contributed by atoms with Gasteiger partial charge >= 0.3 is 0 Å². The number of nitrogens with zero attached hydrogens (tertiary/aromatic N) is 1. The van der Waals surface area contributed by atoms with Crippen molar-refractivity contribution in [2.75, 3.05) is 45.1 Å². The van der Waals surface area contributed by atoms with E-state index in [1.54, 1.807) is 0 Å². The molecule has 0 aromatic carbocycles. The monoisotopic (exact) mass is 218 g/mol. The van der Waals surface area contributed by atoms with Crippen molar-refractivity contribution < 1.29 is 4.74 Å². The van der Waals surface area contributed by atoms with Gasteiger partial charge in [0.1, 0.15) is 0 Å². The summed E-state index contributed by atoms with van der Waals surface area (Å²) in [5.41, 5.74) is 5.35. The Hall–Kier alpha value is 0.230. The van der Waals surface area contributed by atoms with Crippen LogP contribution < -0.4 is 5.73 Å². The van der Waals surface area contributed by atoms with Gasteiger partial charge in [-0.15, -0.1) is 0 Å². The number of ether oxygens (including phenoxy) is 1. The largest absolute Gasteiger partial charge is 0.379 e. The first-order valence-corrected chi connectivity index (χ1v) is 6.53. The topological polar surface area (TPSA) is 38.5 Å². The highest BCUT2D eigenvalue weighted by molar-refractivity contribution is 8.00. The van der Waals surface area contributed by atoms with Crippen LogP contribution in [0.1, 0.15) is 13.3 Å². The molecule has 1 unspecified atom stereocenters. The average molecular weight is 218 g/mol. The second-order valence-corrected chi connectivity index (χ2v) is 5.01. The molecule has 1 heterocycles. The molecule has 0 aromatic rings. The van der Waals surface area contributed by atoms with E-state index in [4.69, 9.17) is 10.5 Å². The molecule has 0 saturated carbocycles. The number of thioether (sulfide) groups is 1. The molecule has 4 heteroatoms. The van der Waals surface area contributed by atoms with E-state index in [0.29, 0.717) is 13.2 Å². The Kier molecular flexibility index (Phi) is 6.60. The van der Waals surface area contributed by atoms with Crippen LogP contribution in [0.4, 0.5) is 0 Å². The minimum atomic E-state index is 0.632. The first kappa shape index (κ1) is 12.3. The van der Waals surface area contributed by atoms with Crippen molar-refractivity contribution in [2.45, 2.75) is 18.6 Å². The lowest BCUT2D eigenvalue weighted by atomic mass is 10.3. The van der Waals surface area contributed by atoms with Crippen molar-refractivity contribution >= 4 is 11.8 Å². The van der Waals surface area contributed by atoms with Crippen LogP contribution >= 0.6 is 11.8 Å². The Labute approximate surface area is 91.4 Å². The molecular formula is C10H22N2OS. The number of hydrogen-bond donors (Lipinski definition) is 1. The van der Waals surface area contributed by atoms with Crippen molar-refractivity contribution in [1.29, 1.82) is 0 Å². The van der Waals surface area contributed by atoms with Gasteiger partial charge in [-0.25, -0.2) is 0 Å². The quantitative estimate of drug-likeness (QED) is 0.669. The fourth-order valence-electron chi connectivity index (χ4n) is 1.61. The number of nitrogens with two attached hydrogens (primary N) is 1. The Balaban J connectivity index is 2.05. The van der Waals surface area contributed by atoms with E-state index in [2.05, 4.69) is 23.6 Å². The second kappa shape index (κ2) is 7.51. The summed E-state index contributed by atoms with van der Waals surface area (Å²) in [6.45, 7) is 7.94. The van der Waals surface area contributed by atoms with Crippen LogP contribution in [0.15, 0.2) is 0 Å². The van der Waals surface area contributed by atoms with E-state index in [1.165, 1.54) is 25.3 Å². The SMILES string of the molecule is CCC1CN(CCOCCN)CCS1. The van der Waals surface area contributed by atoms with Gasteiger partial charge in [0, 0.05) is 37.2 Å². The average Bonchev–Trinajstić information content (AvgIpc) is 2.25. The fraction of sp³-hybridized carbons (Fsp3) is 1.00. The van der Waals surface area contributed by atoms with Gasteiger partial charge in [-0.2, -0.15) is 11.8 Å². The molecule has 0 bridgehead atoms. The molecule has 0 radical (unpaired) electrons. The van der Waals surface area contributed by atoms with Crippen molar-refractivity contribution in [3.05, 3.63) is 0 Å². The summed E-state index contributed by atoms with van der Waals surface area (Å²) >= 11 is 2.11. The first-order valence-electron chi connectivity index (χ1n) is 5.48. The molecule has 0 aromatic heterocycles. The minimum absolute atomic E-state index is 0.632. The molecule has 2 N–H and O–H groups in total. The molecule has 1 saturated heterocycles. The molecule has 1 rings (SSSR count). The second-order valence-electron chi connectivity index (χ2n) is 3.60. The highest BCUT2D eigenvalue weighted by Gasteiger charge is 2.17. The molecule has 14 heavy (non-hydrogen) atoms. The predicted octanol–water partition coefficient (Wildman–Crippen LogP) is 0.789. The van der Waals surface area contributed by atoms with Crippen molar-refractivity contribution in [3.8, 4) is 0 Å². The van der Waals surface area contributed by atoms with Crippen LogP contribution in [0.2, 0.25) is 0 Å². The van der Waals surface area contributed by atoms with Gasteiger partial charge in [-0.3, -0.25) is 4.90 Å². The van der Waals surface area contributed by atoms with Crippen molar-refractivity contribution in [2.24, 2.45) is 5.73 Å². The van der Waals surface area contributed by atoms with Gasteiger partial charge in [-0.05, 0) is 6.42 Å². The highest BCUT2D eigenvalue weighted by atomic mass is 32.2. The first-order chi connectivity index (χ1) is 6.86. The molecule has 0 amide bonds. The molecular weight excluding hydrogens is 196 g/mol. The molecule has 1 atom stereocenters. The minimum Gasteiger partial charge on any atom is -0.379 e. The summed E-state index contributed by atoms with van der Waals surface area (Å²) in [4.78, 5) is 2.50. The molecule has 0 spiro atoms. The van der Waals surface area contributed by atoms with Crippen LogP contribution in [0, 0.1) is 0 Å². The summed E-state index contributed by atoms with van der Waals surface area (Å²) in [7, 11) is 0. The normalized spacial score (nSPS) is 24.0. The Morgan fingerprint density at radius 3 is 3.07 bits per heavy atom. The van der Waals surface area contributed by atoms with Gasteiger partial charge in [0.25, 0.3) is 0 Å². The van der Waals surface area contributed by atoms with Crippen LogP contribution in [-0.4, -0.2) is 55.3 Å². The molecule has 0 aliphatic carbocycles. The van der Waals surface area contributed by atoms with Gasteiger partial charge in [-0.1, -0.05) is 6.92 Å². The third kappa shape index (κ3) is 4.64. The highest BCUT2D eigenvalue weighted by Crippen LogP contribution is 2.20. The third-order valence-corrected chi connectivity index (χ3v) is 3.86. The van der Waals surface area contributed by atoms with E-state index >= 15 is 0 Å². The van der Waals surface area contributed by atoms with Crippen LogP contribution in [0.25, 0.3) is 0 Å². The lowest BCUT2D eigenvalue weighted by molar-refractivity contribution is 0.110. The van der Waals surface area contributed by atoms with E-state index in [9.17, 15) is 0 Å². The lowest BCUT2D eigenvalue weighted by Gasteiger charge is -2.31. The summed E-state index contributed by atoms with van der Waals surface area (Å²) in [5.74, 6) is 1.27. The smallest absolute Gasteiger partial charge is 0.0594 e. The third-order valence-electron chi connectivity index (χ3n) is 2.49. The van der Waals surface area contributed by atoms with Crippen LogP contribution in [0.3, 0.4) is 0 Å². The van der Waals surface area contributed by atoms with Crippen LogP contribution in [-0.2, 0) is 4.74 Å². The Bertz CT molecular complexity index is 146. The lowest BCUT2D eigenvalue weighted by Crippen LogP contribution is -2.39. The summed E-state index contributed by atoms with van der Waals surface area (Å²) in [6, 6.07) is 0. The summed E-state index contributed by atoms with van der Waals surface area (Å²) in [6.07, 6.45) is 1.28. The van der Waals surface area contributed by atoms with Crippen LogP contribution in [0.5, 0.6) is 0 Å². The maximum atomic E-state index is 5.38. The maximum Gasteiger partial charge on any atom is 0.0594 e. The molecule has 3 nitrogen and oxygen atoms in total. The zero-order valence-corrected chi connectivity index (χ0v) is 9.89. The van der Waals surface area contributed by atoms with Gasteiger partial charge in [0.15, 0.2) is 0 Å². The Morgan fingerprint density at radius 1 is 1.50 bits per heavy atom. The summed E-state index contributed by atoms with van der Waals surface area (Å²) < 4.78 is 5.38. The zero-order chi connectivity index (χ0) is 10.2. The fourth-order valence-corrected chi connectivity index (χ4v) is 2.86. The molecule has 1 aliphatic rings. The summed E-state index contributed by atoms with van der Waals surface area (Å²) in [5, 5.41) is 0.832. The number of hydrogen-bond acceptors (Lipinski definition) is 4. The van der Waals surface area contributed by atoms with Crippen molar-refractivity contribution in [3.63, 3.8) is 0 Å². The number of rotatable bonds is 6. The standard InChI is InChI=1S/C10H22N2OS/c1-2-10-9-12(5-8-14-10)4-7-13-6-3-11/h10H,2-9,11H2,1H3. The molecule has 84 valence electrons. The van der Waals surface area contributed by atoms with Crippen molar-refractivity contribution in [1.82, 2.24) is 4.90 Å². The maximum absolute atomic E-state index is 5.38. The van der Waals surface area contributed by atoms with Gasteiger partial charge < -0.3 is 10.5 Å². The van der Waals surface area contributed by atoms with Gasteiger partial charge in [0.05, 0.1) is 13.2 Å². The van der Waals surface area contributed by atoms with E-state index in [0.717, 1.165) is 18.4 Å². The van der Waals surface area contributed by atoms with Gasteiger partial charge in [0.2, 0.25) is 0 Å².